The monoisotopic (exact) mass is 500 g/mol. The van der Waals surface area contributed by atoms with Gasteiger partial charge in [-0.25, -0.2) is 0 Å². The number of ether oxygens (including phenoxy) is 3. The van der Waals surface area contributed by atoms with Crippen molar-refractivity contribution in [2.45, 2.75) is 5.82 Å². The first-order valence-corrected chi connectivity index (χ1v) is 12.0. The van der Waals surface area contributed by atoms with Crippen LogP contribution < -0.4 is 18.7 Å². The maximum absolute atomic E-state index is 11.4. The van der Waals surface area contributed by atoms with Crippen LogP contribution in [-0.2, 0) is 0 Å². The zero-order valence-electron chi connectivity index (χ0n) is 17.9. The molecule has 2 aromatic carbocycles. The van der Waals surface area contributed by atoms with E-state index in [-0.39, 0.29) is 26.4 Å². The van der Waals surface area contributed by atoms with Crippen molar-refractivity contribution >= 4 is 30.6 Å². The number of nitro benzene ring substituents is 1. The Balaban J connectivity index is 1.87. The number of hydrogen-bond acceptors (Lipinski definition) is 7. The average Bonchev–Trinajstić information content (AvgIpc) is 3.27. The first kappa shape index (κ1) is 21.6. The Morgan fingerprint density at radius 3 is 2.41 bits per heavy atom. The Hall–Kier alpha value is -3.62. The fourth-order valence-electron chi connectivity index (χ4n) is 3.48. The van der Waals surface area contributed by atoms with E-state index in [0.717, 1.165) is 27.0 Å². The molecule has 0 N–H and O–H groups in total. The number of fused-ring (bicyclic) bond motifs is 1. The molecule has 9 nitrogen and oxygen atoms in total. The van der Waals surface area contributed by atoms with Gasteiger partial charge in [-0.1, -0.05) is 0 Å². The molecule has 0 saturated heterocycles. The SMILES string of the molecule is COc1ccc(-c2cc3cncc(-c4cc(OC)c(OC)c([Se]C)c4)n3n2)cc1[N+](=O)[O-]. The van der Waals surface area contributed by atoms with Crippen LogP contribution in [0.3, 0.4) is 0 Å². The van der Waals surface area contributed by atoms with E-state index in [4.69, 9.17) is 19.3 Å². The van der Waals surface area contributed by atoms with Gasteiger partial charge in [0.15, 0.2) is 0 Å². The number of aromatic nitrogens is 3. The summed E-state index contributed by atoms with van der Waals surface area (Å²) in [7, 11) is 4.64. The second kappa shape index (κ2) is 8.86. The summed E-state index contributed by atoms with van der Waals surface area (Å²) in [5, 5.41) is 16.1. The summed E-state index contributed by atoms with van der Waals surface area (Å²) < 4.78 is 19.0. The molecule has 2 aromatic heterocycles. The predicted molar refractivity (Wildman–Crippen MR) is 121 cm³/mol. The molecule has 0 atom stereocenters. The van der Waals surface area contributed by atoms with Crippen molar-refractivity contribution in [1.29, 1.82) is 0 Å². The third kappa shape index (κ3) is 3.74. The standard InChI is InChI=1S/C22H20N4O5Se/c1-29-19-6-5-13(7-17(19)26(27)28)16-10-15-11-23-12-18(25(15)24-16)14-8-20(30-2)22(31-3)21(9-14)32-4/h5-12H,1-4H3. The Morgan fingerprint density at radius 2 is 1.75 bits per heavy atom. The van der Waals surface area contributed by atoms with E-state index in [1.807, 2.05) is 12.1 Å². The predicted octanol–water partition coefficient (Wildman–Crippen LogP) is 3.37. The minimum atomic E-state index is -0.469. The third-order valence-corrected chi connectivity index (χ3v) is 6.56. The molecule has 0 aliphatic heterocycles. The minimum absolute atomic E-state index is 0.116. The molecule has 0 spiro atoms. The van der Waals surface area contributed by atoms with Gasteiger partial charge in [-0.3, -0.25) is 0 Å². The Morgan fingerprint density at radius 1 is 0.969 bits per heavy atom. The summed E-state index contributed by atoms with van der Waals surface area (Å²) in [5.74, 6) is 3.67. The second-order valence-corrected chi connectivity index (χ2v) is 8.50. The second-order valence-electron chi connectivity index (χ2n) is 6.72. The first-order valence-electron chi connectivity index (χ1n) is 9.47. The number of methoxy groups -OCH3 is 3. The van der Waals surface area contributed by atoms with Gasteiger partial charge in [-0.05, 0) is 0 Å². The summed E-state index contributed by atoms with van der Waals surface area (Å²) >= 11 is 0.174. The summed E-state index contributed by atoms with van der Waals surface area (Å²) in [6.07, 6.45) is 3.43. The van der Waals surface area contributed by atoms with Crippen molar-refractivity contribution in [3.05, 3.63) is 58.9 Å². The van der Waals surface area contributed by atoms with Crippen LogP contribution in [0.25, 0.3) is 28.0 Å². The molecule has 0 unspecified atom stereocenters. The van der Waals surface area contributed by atoms with E-state index >= 15 is 0 Å². The van der Waals surface area contributed by atoms with E-state index in [0.29, 0.717) is 17.0 Å². The molecule has 0 amide bonds. The Kier molecular flexibility index (Phi) is 5.98. The molecule has 0 saturated carbocycles. The summed E-state index contributed by atoms with van der Waals surface area (Å²) in [6.45, 7) is 0. The molecule has 4 aromatic rings. The molecule has 0 bridgehead atoms. The van der Waals surface area contributed by atoms with E-state index in [9.17, 15) is 10.1 Å². The van der Waals surface area contributed by atoms with Crippen molar-refractivity contribution in [3.63, 3.8) is 0 Å². The number of rotatable bonds is 7. The van der Waals surface area contributed by atoms with Crippen molar-refractivity contribution in [2.24, 2.45) is 0 Å². The van der Waals surface area contributed by atoms with Gasteiger partial charge in [0.2, 0.25) is 0 Å². The van der Waals surface area contributed by atoms with E-state index in [1.165, 1.54) is 13.2 Å². The van der Waals surface area contributed by atoms with Gasteiger partial charge in [0.25, 0.3) is 0 Å². The number of nitro groups is 1. The van der Waals surface area contributed by atoms with Crippen molar-refractivity contribution < 1.29 is 19.1 Å². The van der Waals surface area contributed by atoms with E-state index < -0.39 is 4.92 Å². The van der Waals surface area contributed by atoms with Crippen LogP contribution in [0.1, 0.15) is 0 Å². The molecule has 4 rings (SSSR count). The Bertz CT molecular complexity index is 1300. The van der Waals surface area contributed by atoms with Gasteiger partial charge in [0.05, 0.1) is 7.11 Å². The van der Waals surface area contributed by atoms with Crippen LogP contribution in [0.5, 0.6) is 17.2 Å². The molecular weight excluding hydrogens is 479 g/mol. The quantitative estimate of drug-likeness (QED) is 0.218. The van der Waals surface area contributed by atoms with Gasteiger partial charge in [0.1, 0.15) is 0 Å². The van der Waals surface area contributed by atoms with Gasteiger partial charge in [-0.2, -0.15) is 0 Å². The van der Waals surface area contributed by atoms with Crippen LogP contribution >= 0.6 is 0 Å². The molecule has 2 heterocycles. The van der Waals surface area contributed by atoms with Gasteiger partial charge in [0, 0.05) is 0 Å². The van der Waals surface area contributed by atoms with Crippen molar-refractivity contribution in [3.8, 4) is 39.8 Å². The van der Waals surface area contributed by atoms with E-state index in [1.54, 1.807) is 43.3 Å². The molecular formula is C22H20N4O5Se. The molecule has 0 aliphatic carbocycles. The molecule has 0 aliphatic rings. The number of nitrogens with zero attached hydrogens (tertiary/aromatic N) is 4. The van der Waals surface area contributed by atoms with Gasteiger partial charge >= 0.3 is 183 Å². The van der Waals surface area contributed by atoms with Crippen molar-refractivity contribution in [1.82, 2.24) is 14.6 Å². The van der Waals surface area contributed by atoms with Crippen LogP contribution in [-0.4, -0.2) is 55.8 Å². The Labute approximate surface area is 190 Å². The summed E-state index contributed by atoms with van der Waals surface area (Å²) in [5.41, 5.74) is 3.49. The van der Waals surface area contributed by atoms with Crippen LogP contribution in [0.2, 0.25) is 5.82 Å². The maximum atomic E-state index is 11.4. The summed E-state index contributed by atoms with van der Waals surface area (Å²) in [6, 6.07) is 10.6. The van der Waals surface area contributed by atoms with Crippen LogP contribution in [0.15, 0.2) is 48.8 Å². The molecule has 0 radical (unpaired) electrons. The zero-order chi connectivity index (χ0) is 22.8. The fourth-order valence-corrected chi connectivity index (χ4v) is 4.77. The molecule has 0 fully saturated rings. The van der Waals surface area contributed by atoms with Crippen LogP contribution in [0, 0.1) is 10.1 Å². The molecule has 164 valence electrons. The molecule has 32 heavy (non-hydrogen) atoms. The van der Waals surface area contributed by atoms with Crippen molar-refractivity contribution in [2.75, 3.05) is 21.3 Å². The average molecular weight is 499 g/mol. The van der Waals surface area contributed by atoms with E-state index in [2.05, 4.69) is 16.9 Å². The zero-order valence-corrected chi connectivity index (χ0v) is 19.6. The topological polar surface area (TPSA) is 101 Å². The summed E-state index contributed by atoms with van der Waals surface area (Å²) in [4.78, 5) is 15.3. The van der Waals surface area contributed by atoms with Crippen LogP contribution in [0.4, 0.5) is 5.69 Å². The first-order chi connectivity index (χ1) is 15.5. The number of hydrogen-bond donors (Lipinski definition) is 0. The fraction of sp³-hybridized carbons (Fsp3) is 0.182. The van der Waals surface area contributed by atoms with Gasteiger partial charge in [-0.15, -0.1) is 0 Å². The van der Waals surface area contributed by atoms with Gasteiger partial charge < -0.3 is 0 Å². The normalized spacial score (nSPS) is 10.9. The number of benzene rings is 2. The third-order valence-electron chi connectivity index (χ3n) is 5.00. The molecule has 10 heteroatoms.